The van der Waals surface area contributed by atoms with Crippen molar-refractivity contribution in [1.29, 1.82) is 0 Å². The molecule has 3 N–H and O–H groups in total. The number of hydrogen-bond donors (Lipinski definition) is 3. The van der Waals surface area contributed by atoms with Crippen molar-refractivity contribution in [2.24, 2.45) is 5.92 Å². The van der Waals surface area contributed by atoms with E-state index in [1.807, 2.05) is 0 Å². The minimum absolute atomic E-state index is 0.00201. The number of nitrogens with zero attached hydrogens (tertiary/aromatic N) is 1. The monoisotopic (exact) mass is 269 g/mol. The first-order valence-corrected chi connectivity index (χ1v) is 6.57. The summed E-state index contributed by atoms with van der Waals surface area (Å²) in [7, 11) is 0. The maximum absolute atomic E-state index is 12.2. The van der Waals surface area contributed by atoms with Gasteiger partial charge in [0.15, 0.2) is 0 Å². The summed E-state index contributed by atoms with van der Waals surface area (Å²) in [5.41, 5.74) is 0. The molecule has 0 radical (unpaired) electrons. The Balaban J connectivity index is 1.78. The summed E-state index contributed by atoms with van der Waals surface area (Å²) >= 11 is 0. The average Bonchev–Trinajstić information content (AvgIpc) is 2.85. The van der Waals surface area contributed by atoms with E-state index in [1.54, 1.807) is 4.90 Å². The fraction of sp³-hybridized carbons (Fsp3) is 0.750. The smallest absolute Gasteiger partial charge is 0.303 e. The summed E-state index contributed by atoms with van der Waals surface area (Å²) in [4.78, 5) is 35.5. The maximum atomic E-state index is 12.2. The van der Waals surface area contributed by atoms with Crippen LogP contribution in [0.2, 0.25) is 0 Å². The number of amides is 2. The van der Waals surface area contributed by atoms with E-state index in [1.165, 1.54) is 0 Å². The van der Waals surface area contributed by atoms with E-state index in [-0.39, 0.29) is 36.7 Å². The van der Waals surface area contributed by atoms with Gasteiger partial charge in [0.2, 0.25) is 11.8 Å². The first kappa shape index (κ1) is 13.8. The molecule has 0 aromatic heterocycles. The van der Waals surface area contributed by atoms with Gasteiger partial charge in [0.25, 0.3) is 0 Å². The Bertz CT molecular complexity index is 375. The van der Waals surface area contributed by atoms with Crippen molar-refractivity contribution < 1.29 is 19.5 Å². The molecule has 2 rings (SSSR count). The molecule has 0 saturated carbocycles. The lowest BCUT2D eigenvalue weighted by Gasteiger charge is -2.27. The van der Waals surface area contributed by atoms with Gasteiger partial charge >= 0.3 is 5.97 Å². The van der Waals surface area contributed by atoms with Gasteiger partial charge in [-0.05, 0) is 18.8 Å². The van der Waals surface area contributed by atoms with E-state index in [0.717, 1.165) is 6.42 Å². The van der Waals surface area contributed by atoms with Crippen molar-refractivity contribution in [3.8, 4) is 0 Å². The number of carboxylic acids is 1. The van der Waals surface area contributed by atoms with Gasteiger partial charge in [-0.25, -0.2) is 0 Å². The SMILES string of the molecule is O=C(O)CCC1CCN(C(=O)C2CNC(=O)CN2)C1. The number of carboxylic acid groups (broad SMARTS) is 1. The molecular weight excluding hydrogens is 250 g/mol. The van der Waals surface area contributed by atoms with Crippen molar-refractivity contribution in [2.45, 2.75) is 25.3 Å². The molecule has 0 aromatic rings. The molecule has 0 spiro atoms. The molecule has 7 heteroatoms. The van der Waals surface area contributed by atoms with Crippen molar-refractivity contribution >= 4 is 17.8 Å². The molecule has 0 aromatic carbocycles. The van der Waals surface area contributed by atoms with E-state index in [0.29, 0.717) is 26.1 Å². The van der Waals surface area contributed by atoms with Gasteiger partial charge in [0.1, 0.15) is 6.04 Å². The highest BCUT2D eigenvalue weighted by Gasteiger charge is 2.32. The standard InChI is InChI=1S/C12H19N3O4/c16-10-6-13-9(5-14-10)12(19)15-4-3-8(7-15)1-2-11(17)18/h8-9,13H,1-7H2,(H,14,16)(H,17,18). The molecule has 19 heavy (non-hydrogen) atoms. The number of aliphatic carboxylic acids is 1. The number of nitrogens with one attached hydrogen (secondary N) is 2. The molecule has 2 aliphatic heterocycles. The Morgan fingerprint density at radius 1 is 1.42 bits per heavy atom. The zero-order valence-corrected chi connectivity index (χ0v) is 10.7. The van der Waals surface area contributed by atoms with Gasteiger partial charge in [-0.15, -0.1) is 0 Å². The Kier molecular flexibility index (Phi) is 4.36. The third kappa shape index (κ3) is 3.66. The van der Waals surface area contributed by atoms with Crippen molar-refractivity contribution in [1.82, 2.24) is 15.5 Å². The summed E-state index contributed by atoms with van der Waals surface area (Å²) in [6.07, 6.45) is 1.64. The topological polar surface area (TPSA) is 98.7 Å². The summed E-state index contributed by atoms with van der Waals surface area (Å²) in [6, 6.07) is -0.351. The molecule has 2 unspecified atom stereocenters. The second-order valence-corrected chi connectivity index (χ2v) is 5.11. The van der Waals surface area contributed by atoms with Crippen molar-refractivity contribution in [2.75, 3.05) is 26.2 Å². The first-order valence-electron chi connectivity index (χ1n) is 6.57. The molecule has 2 heterocycles. The fourth-order valence-corrected chi connectivity index (χ4v) is 2.56. The van der Waals surface area contributed by atoms with Gasteiger partial charge < -0.3 is 15.3 Å². The number of likely N-dealkylation sites (tertiary alicyclic amines) is 1. The minimum Gasteiger partial charge on any atom is -0.481 e. The maximum Gasteiger partial charge on any atom is 0.303 e. The molecular formula is C12H19N3O4. The molecule has 2 aliphatic rings. The number of carbonyl (C=O) groups is 3. The number of carbonyl (C=O) groups excluding carboxylic acids is 2. The van der Waals surface area contributed by atoms with Crippen LogP contribution in [-0.2, 0) is 14.4 Å². The molecule has 0 aliphatic carbocycles. The molecule has 2 atom stereocenters. The first-order chi connectivity index (χ1) is 9.06. The highest BCUT2D eigenvalue weighted by Crippen LogP contribution is 2.21. The highest BCUT2D eigenvalue weighted by molar-refractivity contribution is 5.87. The van der Waals surface area contributed by atoms with E-state index in [4.69, 9.17) is 5.11 Å². The van der Waals surface area contributed by atoms with Crippen LogP contribution < -0.4 is 10.6 Å². The van der Waals surface area contributed by atoms with Crippen molar-refractivity contribution in [3.05, 3.63) is 0 Å². The van der Waals surface area contributed by atoms with Gasteiger partial charge in [-0.1, -0.05) is 0 Å². The summed E-state index contributed by atoms with van der Waals surface area (Å²) in [5.74, 6) is -0.609. The van der Waals surface area contributed by atoms with Crippen LogP contribution in [0.25, 0.3) is 0 Å². The van der Waals surface area contributed by atoms with E-state index >= 15 is 0 Å². The molecule has 2 amide bonds. The minimum atomic E-state index is -0.790. The average molecular weight is 269 g/mol. The second-order valence-electron chi connectivity index (χ2n) is 5.11. The lowest BCUT2D eigenvalue weighted by Crippen LogP contribution is -2.58. The predicted molar refractivity (Wildman–Crippen MR) is 66.4 cm³/mol. The highest BCUT2D eigenvalue weighted by atomic mass is 16.4. The number of piperazine rings is 1. The van der Waals surface area contributed by atoms with E-state index < -0.39 is 5.97 Å². The van der Waals surface area contributed by atoms with Gasteiger partial charge in [0, 0.05) is 26.1 Å². The van der Waals surface area contributed by atoms with Gasteiger partial charge in [-0.3, -0.25) is 19.7 Å². The van der Waals surface area contributed by atoms with Gasteiger partial charge in [0.05, 0.1) is 6.54 Å². The molecule has 106 valence electrons. The largest absolute Gasteiger partial charge is 0.481 e. The Morgan fingerprint density at radius 2 is 2.21 bits per heavy atom. The van der Waals surface area contributed by atoms with Crippen LogP contribution in [0.1, 0.15) is 19.3 Å². The van der Waals surface area contributed by atoms with Crippen LogP contribution in [-0.4, -0.2) is 60.0 Å². The van der Waals surface area contributed by atoms with Crippen LogP contribution in [0.15, 0.2) is 0 Å². The summed E-state index contributed by atoms with van der Waals surface area (Å²) in [5, 5.41) is 14.2. The Labute approximate surface area is 111 Å². The number of hydrogen-bond acceptors (Lipinski definition) is 4. The van der Waals surface area contributed by atoms with E-state index in [9.17, 15) is 14.4 Å². The van der Waals surface area contributed by atoms with E-state index in [2.05, 4.69) is 10.6 Å². The van der Waals surface area contributed by atoms with Crippen LogP contribution in [0.4, 0.5) is 0 Å². The Hall–Kier alpha value is -1.63. The number of rotatable bonds is 4. The quantitative estimate of drug-likeness (QED) is 0.594. The van der Waals surface area contributed by atoms with Gasteiger partial charge in [-0.2, -0.15) is 0 Å². The van der Waals surface area contributed by atoms with Crippen molar-refractivity contribution in [3.63, 3.8) is 0 Å². The van der Waals surface area contributed by atoms with Crippen LogP contribution >= 0.6 is 0 Å². The summed E-state index contributed by atoms with van der Waals surface area (Å²) < 4.78 is 0. The molecule has 2 saturated heterocycles. The summed E-state index contributed by atoms with van der Waals surface area (Å²) in [6.45, 7) is 1.80. The molecule has 2 fully saturated rings. The lowest BCUT2D eigenvalue weighted by molar-refractivity contribution is -0.137. The van der Waals surface area contributed by atoms with Crippen LogP contribution in [0.3, 0.4) is 0 Å². The Morgan fingerprint density at radius 3 is 2.84 bits per heavy atom. The normalized spacial score (nSPS) is 27.2. The van der Waals surface area contributed by atoms with Crippen LogP contribution in [0, 0.1) is 5.92 Å². The third-order valence-electron chi connectivity index (χ3n) is 3.67. The molecule has 7 nitrogen and oxygen atoms in total. The van der Waals surface area contributed by atoms with Crippen LogP contribution in [0.5, 0.6) is 0 Å². The fourth-order valence-electron chi connectivity index (χ4n) is 2.56. The predicted octanol–water partition coefficient (Wildman–Crippen LogP) is -1.21. The third-order valence-corrected chi connectivity index (χ3v) is 3.67. The zero-order valence-electron chi connectivity index (χ0n) is 10.7. The molecule has 0 bridgehead atoms. The second kappa shape index (κ2) is 6.01. The zero-order chi connectivity index (χ0) is 13.8. The lowest BCUT2D eigenvalue weighted by atomic mass is 10.0.